The van der Waals surface area contributed by atoms with Crippen LogP contribution in [0.25, 0.3) is 22.6 Å². The molecule has 0 aliphatic heterocycles. The van der Waals surface area contributed by atoms with Gasteiger partial charge in [0.05, 0.1) is 29.9 Å². The monoisotopic (exact) mass is 257 g/mol. The maximum Gasteiger partial charge on any atom is 0.337 e. The lowest BCUT2D eigenvalue weighted by molar-refractivity contribution is 0.0601. The van der Waals surface area contributed by atoms with E-state index in [2.05, 4.69) is 25.0 Å². The molecule has 19 heavy (non-hydrogen) atoms. The fourth-order valence-electron chi connectivity index (χ4n) is 1.88. The van der Waals surface area contributed by atoms with Crippen LogP contribution in [0.1, 0.15) is 10.4 Å². The summed E-state index contributed by atoms with van der Waals surface area (Å²) in [6.07, 6.45) is 1.62. The highest BCUT2D eigenvalue weighted by molar-refractivity contribution is 5.94. The van der Waals surface area contributed by atoms with Crippen molar-refractivity contribution >= 4 is 17.0 Å². The highest BCUT2D eigenvalue weighted by Gasteiger charge is 2.12. The SMILES string of the molecule is COC(=O)c1ccc2nc(-c3cnnn3C)[nH]c2c1. The summed E-state index contributed by atoms with van der Waals surface area (Å²) < 4.78 is 6.31. The molecule has 0 atom stereocenters. The number of rotatable bonds is 2. The van der Waals surface area contributed by atoms with Crippen molar-refractivity contribution in [2.45, 2.75) is 0 Å². The zero-order chi connectivity index (χ0) is 13.4. The van der Waals surface area contributed by atoms with E-state index in [0.717, 1.165) is 16.7 Å². The molecule has 1 aromatic carbocycles. The number of carbonyl (C=O) groups excluding carboxylic acids is 1. The van der Waals surface area contributed by atoms with Crippen LogP contribution < -0.4 is 0 Å². The van der Waals surface area contributed by atoms with Crippen molar-refractivity contribution in [1.82, 2.24) is 25.0 Å². The normalized spacial score (nSPS) is 10.8. The second-order valence-electron chi connectivity index (χ2n) is 4.05. The summed E-state index contributed by atoms with van der Waals surface area (Å²) in [7, 11) is 3.14. The topological polar surface area (TPSA) is 85.7 Å². The second kappa shape index (κ2) is 4.20. The number of aromatic nitrogens is 5. The first-order chi connectivity index (χ1) is 9.19. The van der Waals surface area contributed by atoms with Crippen molar-refractivity contribution in [3.8, 4) is 11.5 Å². The van der Waals surface area contributed by atoms with Gasteiger partial charge in [-0.15, -0.1) is 5.10 Å². The Morgan fingerprint density at radius 3 is 2.95 bits per heavy atom. The van der Waals surface area contributed by atoms with Crippen LogP contribution in [-0.4, -0.2) is 38.0 Å². The molecule has 0 radical (unpaired) electrons. The van der Waals surface area contributed by atoms with Gasteiger partial charge >= 0.3 is 5.97 Å². The molecule has 0 amide bonds. The molecule has 7 nitrogen and oxygen atoms in total. The molecule has 0 bridgehead atoms. The van der Waals surface area contributed by atoms with Gasteiger partial charge in [0, 0.05) is 7.05 Å². The maximum atomic E-state index is 11.5. The zero-order valence-corrected chi connectivity index (χ0v) is 10.4. The van der Waals surface area contributed by atoms with Crippen LogP contribution in [0.4, 0.5) is 0 Å². The molecular formula is C12H11N5O2. The lowest BCUT2D eigenvalue weighted by Crippen LogP contribution is -2.00. The van der Waals surface area contributed by atoms with E-state index in [4.69, 9.17) is 0 Å². The number of ether oxygens (including phenoxy) is 1. The summed E-state index contributed by atoms with van der Waals surface area (Å²) in [5.41, 5.74) is 2.78. The van der Waals surface area contributed by atoms with E-state index in [1.165, 1.54) is 7.11 Å². The fourth-order valence-corrected chi connectivity index (χ4v) is 1.88. The van der Waals surface area contributed by atoms with Gasteiger partial charge in [-0.1, -0.05) is 5.21 Å². The lowest BCUT2D eigenvalue weighted by atomic mass is 10.2. The van der Waals surface area contributed by atoms with E-state index in [9.17, 15) is 4.79 Å². The Morgan fingerprint density at radius 1 is 1.42 bits per heavy atom. The van der Waals surface area contributed by atoms with Crippen molar-refractivity contribution in [1.29, 1.82) is 0 Å². The number of fused-ring (bicyclic) bond motifs is 1. The molecule has 3 aromatic rings. The van der Waals surface area contributed by atoms with E-state index in [1.54, 1.807) is 36.1 Å². The minimum Gasteiger partial charge on any atom is -0.465 e. The highest BCUT2D eigenvalue weighted by Crippen LogP contribution is 2.20. The minimum atomic E-state index is -0.375. The van der Waals surface area contributed by atoms with Gasteiger partial charge in [0.1, 0.15) is 5.69 Å². The molecule has 0 unspecified atom stereocenters. The third-order valence-electron chi connectivity index (χ3n) is 2.86. The number of nitrogens with one attached hydrogen (secondary N) is 1. The van der Waals surface area contributed by atoms with Crippen LogP contribution in [-0.2, 0) is 11.8 Å². The van der Waals surface area contributed by atoms with Crippen molar-refractivity contribution in [2.75, 3.05) is 7.11 Å². The van der Waals surface area contributed by atoms with Gasteiger partial charge in [-0.25, -0.2) is 14.5 Å². The van der Waals surface area contributed by atoms with Crippen LogP contribution in [0.3, 0.4) is 0 Å². The summed E-state index contributed by atoms with van der Waals surface area (Å²) >= 11 is 0. The number of methoxy groups -OCH3 is 1. The van der Waals surface area contributed by atoms with Crippen LogP contribution in [0.2, 0.25) is 0 Å². The number of aryl methyl sites for hydroxylation is 1. The van der Waals surface area contributed by atoms with Gasteiger partial charge in [-0.3, -0.25) is 0 Å². The minimum absolute atomic E-state index is 0.375. The molecule has 0 aliphatic rings. The van der Waals surface area contributed by atoms with Gasteiger partial charge in [-0.2, -0.15) is 0 Å². The van der Waals surface area contributed by atoms with Gasteiger partial charge in [0.15, 0.2) is 5.82 Å². The lowest BCUT2D eigenvalue weighted by Gasteiger charge is -1.97. The molecule has 0 spiro atoms. The Bertz CT molecular complexity index is 758. The number of H-pyrrole nitrogens is 1. The third kappa shape index (κ3) is 1.85. The smallest absolute Gasteiger partial charge is 0.337 e. The maximum absolute atomic E-state index is 11.5. The zero-order valence-electron chi connectivity index (χ0n) is 10.4. The number of aromatic amines is 1. The summed E-state index contributed by atoms with van der Waals surface area (Å²) in [5, 5.41) is 7.66. The Labute approximate surface area is 108 Å². The van der Waals surface area contributed by atoms with E-state index < -0.39 is 0 Å². The first kappa shape index (κ1) is 11.4. The van der Waals surface area contributed by atoms with Gasteiger partial charge in [-0.05, 0) is 18.2 Å². The van der Waals surface area contributed by atoms with Crippen molar-refractivity contribution in [2.24, 2.45) is 7.05 Å². The second-order valence-corrected chi connectivity index (χ2v) is 4.05. The molecule has 2 heterocycles. The number of imidazole rings is 1. The molecular weight excluding hydrogens is 246 g/mol. The van der Waals surface area contributed by atoms with Gasteiger partial charge in [0.2, 0.25) is 0 Å². The predicted molar refractivity (Wildman–Crippen MR) is 67.4 cm³/mol. The van der Waals surface area contributed by atoms with Gasteiger partial charge in [0.25, 0.3) is 0 Å². The molecule has 96 valence electrons. The molecule has 0 aliphatic carbocycles. The summed E-state index contributed by atoms with van der Waals surface area (Å²) in [4.78, 5) is 19.0. The van der Waals surface area contributed by atoms with Crippen LogP contribution >= 0.6 is 0 Å². The molecule has 7 heteroatoms. The Morgan fingerprint density at radius 2 is 2.26 bits per heavy atom. The molecule has 3 rings (SSSR count). The number of hydrogen-bond donors (Lipinski definition) is 1. The van der Waals surface area contributed by atoms with Crippen molar-refractivity contribution in [3.05, 3.63) is 30.0 Å². The van der Waals surface area contributed by atoms with Crippen molar-refractivity contribution in [3.63, 3.8) is 0 Å². The van der Waals surface area contributed by atoms with Gasteiger partial charge < -0.3 is 9.72 Å². The molecule has 1 N–H and O–H groups in total. The standard InChI is InChI=1S/C12H11N5O2/c1-17-10(6-13-16-17)11-14-8-4-3-7(12(18)19-2)5-9(8)15-11/h3-6H,1-2H3,(H,14,15). The molecule has 0 fully saturated rings. The first-order valence-corrected chi connectivity index (χ1v) is 5.62. The average Bonchev–Trinajstić information content (AvgIpc) is 3.02. The predicted octanol–water partition coefficient (Wildman–Crippen LogP) is 1.14. The first-order valence-electron chi connectivity index (χ1n) is 5.62. The number of esters is 1. The number of nitrogens with zero attached hydrogens (tertiary/aromatic N) is 4. The summed E-state index contributed by atoms with van der Waals surface area (Å²) in [6.45, 7) is 0. The quantitative estimate of drug-likeness (QED) is 0.696. The van der Waals surface area contributed by atoms with E-state index in [0.29, 0.717) is 11.4 Å². The van der Waals surface area contributed by atoms with E-state index in [1.807, 2.05) is 0 Å². The van der Waals surface area contributed by atoms with Crippen LogP contribution in [0.5, 0.6) is 0 Å². The van der Waals surface area contributed by atoms with Crippen LogP contribution in [0, 0.1) is 0 Å². The summed E-state index contributed by atoms with van der Waals surface area (Å²) in [6, 6.07) is 5.16. The van der Waals surface area contributed by atoms with E-state index in [-0.39, 0.29) is 5.97 Å². The molecule has 0 saturated heterocycles. The molecule has 0 saturated carbocycles. The van der Waals surface area contributed by atoms with Crippen LogP contribution in [0.15, 0.2) is 24.4 Å². The van der Waals surface area contributed by atoms with Crippen molar-refractivity contribution < 1.29 is 9.53 Å². The molecule has 2 aromatic heterocycles. The van der Waals surface area contributed by atoms with E-state index >= 15 is 0 Å². The fraction of sp³-hybridized carbons (Fsp3) is 0.167. The third-order valence-corrected chi connectivity index (χ3v) is 2.86. The number of benzene rings is 1. The Hall–Kier alpha value is -2.70. The largest absolute Gasteiger partial charge is 0.465 e. The summed E-state index contributed by atoms with van der Waals surface area (Å²) in [5.74, 6) is 0.282. The Balaban J connectivity index is 2.11. The number of hydrogen-bond acceptors (Lipinski definition) is 5. The highest BCUT2D eigenvalue weighted by atomic mass is 16.5. The average molecular weight is 257 g/mol. The Kier molecular flexibility index (Phi) is 2.52. The number of carbonyl (C=O) groups is 1.